The molecule has 0 radical (unpaired) electrons. The predicted octanol–water partition coefficient (Wildman–Crippen LogP) is 4.15. The molecule has 0 spiro atoms. The summed E-state index contributed by atoms with van der Waals surface area (Å²) in [4.78, 5) is 10.3. The maximum absolute atomic E-state index is 5.91. The molecule has 3 N–H and O–H groups in total. The zero-order chi connectivity index (χ0) is 17.5. The van der Waals surface area contributed by atoms with Crippen LogP contribution in [0.1, 0.15) is 10.6 Å². The topological polar surface area (TPSA) is 72.5 Å². The van der Waals surface area contributed by atoms with E-state index in [1.54, 1.807) is 29.8 Å². The molecule has 0 unspecified atom stereocenters. The highest BCUT2D eigenvalue weighted by molar-refractivity contribution is 14.0. The van der Waals surface area contributed by atoms with E-state index in [0.29, 0.717) is 12.5 Å². The average molecular weight is 500 g/mol. The minimum atomic E-state index is 0. The first kappa shape index (κ1) is 20.7. The summed E-state index contributed by atoms with van der Waals surface area (Å²) in [5, 5.41) is 8.20. The van der Waals surface area contributed by atoms with E-state index >= 15 is 0 Å². The summed E-state index contributed by atoms with van der Waals surface area (Å²) in [5.41, 5.74) is 7.90. The fraction of sp³-hybridized carbons (Fsp3) is 0.222. The first-order valence-electron chi connectivity index (χ1n) is 7.89. The molecule has 3 rings (SSSR count). The summed E-state index contributed by atoms with van der Waals surface area (Å²) < 4.78 is 5.18. The number of thiophene rings is 1. The van der Waals surface area contributed by atoms with E-state index in [2.05, 4.69) is 32.8 Å². The standard InChI is InChI=1S/C18H20N4OS2.HI/c1-23-15-6-4-13(5-7-15)17-22-14(12-25-17)11-21-18(19)20-9-8-16-3-2-10-24-16;/h2-7,10,12H,8-9,11H2,1H3,(H3,19,20,21);1H. The monoisotopic (exact) mass is 500 g/mol. The zero-order valence-corrected chi connectivity index (χ0v) is 18.3. The summed E-state index contributed by atoms with van der Waals surface area (Å²) in [6.07, 6.45) is 0.951. The van der Waals surface area contributed by atoms with Crippen LogP contribution in [0.3, 0.4) is 0 Å². The molecular weight excluding hydrogens is 479 g/mol. The van der Waals surface area contributed by atoms with Crippen LogP contribution in [0.15, 0.2) is 52.2 Å². The number of hydrogen-bond donors (Lipinski definition) is 2. The lowest BCUT2D eigenvalue weighted by molar-refractivity contribution is 0.415. The van der Waals surface area contributed by atoms with Crippen LogP contribution in [-0.2, 0) is 13.0 Å². The second-order valence-electron chi connectivity index (χ2n) is 5.33. The number of nitrogens with zero attached hydrogens (tertiary/aromatic N) is 2. The minimum Gasteiger partial charge on any atom is -0.497 e. The van der Waals surface area contributed by atoms with Crippen molar-refractivity contribution >= 4 is 52.6 Å². The Labute approximate surface area is 178 Å². The Bertz CT molecular complexity index is 816. The Morgan fingerprint density at radius 2 is 2.04 bits per heavy atom. The second-order valence-corrected chi connectivity index (χ2v) is 7.22. The van der Waals surface area contributed by atoms with Gasteiger partial charge in [-0.15, -0.1) is 46.7 Å². The molecule has 0 aliphatic heterocycles. The highest BCUT2D eigenvalue weighted by atomic mass is 127. The van der Waals surface area contributed by atoms with Gasteiger partial charge in [-0.25, -0.2) is 9.98 Å². The number of aliphatic imine (C=N–C) groups is 1. The van der Waals surface area contributed by atoms with Crippen LogP contribution >= 0.6 is 46.7 Å². The molecule has 0 bridgehead atoms. The SMILES string of the molecule is COc1ccc(-c2nc(CN=C(N)NCCc3cccs3)cs2)cc1.I. The number of benzene rings is 1. The van der Waals surface area contributed by atoms with Crippen LogP contribution in [0.2, 0.25) is 0 Å². The van der Waals surface area contributed by atoms with E-state index in [4.69, 9.17) is 10.5 Å². The number of methoxy groups -OCH3 is 1. The number of guanidine groups is 1. The van der Waals surface area contributed by atoms with Gasteiger partial charge >= 0.3 is 0 Å². The van der Waals surface area contributed by atoms with Gasteiger partial charge in [0.15, 0.2) is 5.96 Å². The number of ether oxygens (including phenoxy) is 1. The van der Waals surface area contributed by atoms with Gasteiger partial charge in [0.2, 0.25) is 0 Å². The molecule has 8 heteroatoms. The molecule has 3 aromatic rings. The van der Waals surface area contributed by atoms with Gasteiger partial charge in [-0.1, -0.05) is 6.07 Å². The molecule has 5 nitrogen and oxygen atoms in total. The summed E-state index contributed by atoms with van der Waals surface area (Å²) in [6, 6.07) is 12.1. The Balaban J connectivity index is 0.00000243. The van der Waals surface area contributed by atoms with Crippen molar-refractivity contribution in [2.24, 2.45) is 10.7 Å². The van der Waals surface area contributed by atoms with Gasteiger partial charge in [0.25, 0.3) is 0 Å². The number of nitrogens with two attached hydrogens (primary N) is 1. The van der Waals surface area contributed by atoms with Gasteiger partial charge in [-0.3, -0.25) is 0 Å². The highest BCUT2D eigenvalue weighted by Gasteiger charge is 2.05. The van der Waals surface area contributed by atoms with Gasteiger partial charge < -0.3 is 15.8 Å². The van der Waals surface area contributed by atoms with E-state index in [1.165, 1.54) is 4.88 Å². The third kappa shape index (κ3) is 5.96. The largest absolute Gasteiger partial charge is 0.497 e. The Kier molecular flexibility index (Phi) is 8.33. The van der Waals surface area contributed by atoms with E-state index in [1.807, 2.05) is 29.6 Å². The number of thiazole rings is 1. The highest BCUT2D eigenvalue weighted by Crippen LogP contribution is 2.25. The fourth-order valence-electron chi connectivity index (χ4n) is 2.24. The van der Waals surface area contributed by atoms with Gasteiger partial charge in [-0.05, 0) is 42.1 Å². The molecule has 26 heavy (non-hydrogen) atoms. The van der Waals surface area contributed by atoms with E-state index in [-0.39, 0.29) is 24.0 Å². The van der Waals surface area contributed by atoms with E-state index in [0.717, 1.165) is 35.0 Å². The first-order chi connectivity index (χ1) is 12.2. The molecule has 2 heterocycles. The number of nitrogens with one attached hydrogen (secondary N) is 1. The molecule has 2 aromatic heterocycles. The van der Waals surface area contributed by atoms with Crippen molar-refractivity contribution in [3.8, 4) is 16.3 Å². The lowest BCUT2D eigenvalue weighted by Crippen LogP contribution is -2.33. The molecule has 0 atom stereocenters. The van der Waals surface area contributed by atoms with Crippen molar-refractivity contribution in [3.05, 3.63) is 57.7 Å². The lowest BCUT2D eigenvalue weighted by atomic mass is 10.2. The number of hydrogen-bond acceptors (Lipinski definition) is 5. The van der Waals surface area contributed by atoms with Crippen molar-refractivity contribution < 1.29 is 4.74 Å². The van der Waals surface area contributed by atoms with Gasteiger partial charge in [0, 0.05) is 22.4 Å². The molecular formula is C18H21IN4OS2. The van der Waals surface area contributed by atoms with Crippen LogP contribution in [0.5, 0.6) is 5.75 Å². The molecule has 1 aromatic carbocycles. The van der Waals surface area contributed by atoms with Crippen molar-refractivity contribution in [2.45, 2.75) is 13.0 Å². The Morgan fingerprint density at radius 3 is 2.73 bits per heavy atom. The predicted molar refractivity (Wildman–Crippen MR) is 121 cm³/mol. The van der Waals surface area contributed by atoms with Crippen molar-refractivity contribution in [1.82, 2.24) is 10.3 Å². The molecule has 0 aliphatic carbocycles. The molecule has 0 fully saturated rings. The third-order valence-electron chi connectivity index (χ3n) is 3.56. The van der Waals surface area contributed by atoms with Crippen molar-refractivity contribution in [2.75, 3.05) is 13.7 Å². The molecule has 138 valence electrons. The van der Waals surface area contributed by atoms with Crippen LogP contribution in [0.25, 0.3) is 10.6 Å². The third-order valence-corrected chi connectivity index (χ3v) is 5.43. The molecule has 0 aliphatic rings. The van der Waals surface area contributed by atoms with Gasteiger partial charge in [0.1, 0.15) is 10.8 Å². The summed E-state index contributed by atoms with van der Waals surface area (Å²) >= 11 is 3.35. The first-order valence-corrected chi connectivity index (χ1v) is 9.65. The molecule has 0 saturated carbocycles. The van der Waals surface area contributed by atoms with Crippen molar-refractivity contribution in [3.63, 3.8) is 0 Å². The number of halogens is 1. The average Bonchev–Trinajstić information content (AvgIpc) is 3.32. The Morgan fingerprint density at radius 1 is 1.23 bits per heavy atom. The number of aromatic nitrogens is 1. The molecule has 0 saturated heterocycles. The normalized spacial score (nSPS) is 11.0. The van der Waals surface area contributed by atoms with Gasteiger partial charge in [-0.2, -0.15) is 0 Å². The summed E-state index contributed by atoms with van der Waals surface area (Å²) in [6.45, 7) is 1.26. The van der Waals surface area contributed by atoms with Crippen LogP contribution in [0.4, 0.5) is 0 Å². The Hall–Kier alpha value is -1.65. The van der Waals surface area contributed by atoms with E-state index in [9.17, 15) is 0 Å². The maximum Gasteiger partial charge on any atom is 0.188 e. The molecule has 0 amide bonds. The quantitative estimate of drug-likeness (QED) is 0.291. The second kappa shape index (κ2) is 10.5. The maximum atomic E-state index is 5.91. The van der Waals surface area contributed by atoms with E-state index < -0.39 is 0 Å². The fourth-order valence-corrected chi connectivity index (χ4v) is 3.76. The summed E-state index contributed by atoms with van der Waals surface area (Å²) in [7, 11) is 1.66. The summed E-state index contributed by atoms with van der Waals surface area (Å²) in [5.74, 6) is 1.29. The van der Waals surface area contributed by atoms with Crippen LogP contribution in [0, 0.1) is 0 Å². The minimum absolute atomic E-state index is 0. The van der Waals surface area contributed by atoms with Crippen molar-refractivity contribution in [1.29, 1.82) is 0 Å². The van der Waals surface area contributed by atoms with Crippen LogP contribution < -0.4 is 15.8 Å². The van der Waals surface area contributed by atoms with Crippen LogP contribution in [-0.4, -0.2) is 24.6 Å². The number of rotatable bonds is 7. The van der Waals surface area contributed by atoms with Gasteiger partial charge in [0.05, 0.1) is 19.3 Å². The zero-order valence-electron chi connectivity index (χ0n) is 14.3. The lowest BCUT2D eigenvalue weighted by Gasteiger charge is -2.03. The smallest absolute Gasteiger partial charge is 0.188 e.